The van der Waals surface area contributed by atoms with Crippen LogP contribution in [-0.2, 0) is 0 Å². The van der Waals surface area contributed by atoms with Crippen LogP contribution in [0.1, 0.15) is 31.2 Å². The maximum Gasteiger partial charge on any atom is 0.138 e. The Bertz CT molecular complexity index is 470. The normalized spacial score (nSPS) is 22.8. The number of thioether (sulfide) groups is 1. The van der Waals surface area contributed by atoms with Gasteiger partial charge in [-0.25, -0.2) is 0 Å². The molecule has 1 N–H and O–H groups in total. The Kier molecular flexibility index (Phi) is 5.12. The summed E-state index contributed by atoms with van der Waals surface area (Å²) < 4.78 is 6.12. The molecular weight excluding hydrogens is 256 g/mol. The summed E-state index contributed by atoms with van der Waals surface area (Å²) in [6.07, 6.45) is 6.80. The van der Waals surface area contributed by atoms with Gasteiger partial charge in [-0.1, -0.05) is 12.5 Å². The molecule has 0 spiro atoms. The molecule has 3 nitrogen and oxygen atoms in total. The number of likely N-dealkylation sites (N-methyl/N-ethyl adjacent to an activating group) is 1. The molecule has 19 heavy (non-hydrogen) atoms. The van der Waals surface area contributed by atoms with Gasteiger partial charge in [-0.15, -0.1) is 11.8 Å². The van der Waals surface area contributed by atoms with Crippen molar-refractivity contribution in [1.82, 2.24) is 5.32 Å². The molecular formula is C15H20N2OS. The number of hydrogen-bond donors (Lipinski definition) is 1. The number of nitrogens with zero attached hydrogens (tertiary/aromatic N) is 1. The van der Waals surface area contributed by atoms with E-state index in [-0.39, 0.29) is 6.10 Å². The average Bonchev–Trinajstić information content (AvgIpc) is 2.47. The van der Waals surface area contributed by atoms with Crippen molar-refractivity contribution in [3.05, 3.63) is 23.8 Å². The molecule has 1 aliphatic carbocycles. The molecule has 1 saturated carbocycles. The van der Waals surface area contributed by atoms with E-state index in [1.807, 2.05) is 31.5 Å². The number of rotatable bonds is 4. The van der Waals surface area contributed by atoms with Crippen molar-refractivity contribution in [3.8, 4) is 11.8 Å². The highest BCUT2D eigenvalue weighted by Crippen LogP contribution is 2.31. The molecule has 2 unspecified atom stereocenters. The summed E-state index contributed by atoms with van der Waals surface area (Å²) in [5, 5.41) is 12.7. The minimum absolute atomic E-state index is 0.169. The lowest BCUT2D eigenvalue weighted by molar-refractivity contribution is 0.117. The monoisotopic (exact) mass is 276 g/mol. The smallest absolute Gasteiger partial charge is 0.138 e. The van der Waals surface area contributed by atoms with E-state index in [9.17, 15) is 5.26 Å². The number of nitrogens with one attached hydrogen (secondary N) is 1. The second kappa shape index (κ2) is 6.83. The van der Waals surface area contributed by atoms with Crippen molar-refractivity contribution in [1.29, 1.82) is 5.26 Å². The molecule has 0 aliphatic heterocycles. The van der Waals surface area contributed by atoms with E-state index in [0.717, 1.165) is 23.5 Å². The minimum atomic E-state index is 0.169. The zero-order valence-corrected chi connectivity index (χ0v) is 12.3. The molecule has 0 amide bonds. The zero-order valence-electron chi connectivity index (χ0n) is 11.5. The first kappa shape index (κ1) is 14.2. The fourth-order valence-electron chi connectivity index (χ4n) is 2.62. The van der Waals surface area contributed by atoms with Crippen LogP contribution in [0.25, 0.3) is 0 Å². The summed E-state index contributed by atoms with van der Waals surface area (Å²) in [5.41, 5.74) is 0.662. The van der Waals surface area contributed by atoms with Gasteiger partial charge in [-0.05, 0) is 44.7 Å². The molecule has 1 aromatic carbocycles. The van der Waals surface area contributed by atoms with E-state index < -0.39 is 0 Å². The summed E-state index contributed by atoms with van der Waals surface area (Å²) in [4.78, 5) is 0.983. The van der Waals surface area contributed by atoms with Crippen molar-refractivity contribution < 1.29 is 4.74 Å². The van der Waals surface area contributed by atoms with Gasteiger partial charge in [0.1, 0.15) is 23.5 Å². The Hall–Kier alpha value is -1.18. The summed E-state index contributed by atoms with van der Waals surface area (Å²) in [7, 11) is 1.98. The second-order valence-electron chi connectivity index (χ2n) is 4.78. The second-order valence-corrected chi connectivity index (χ2v) is 5.63. The number of ether oxygens (including phenoxy) is 1. The molecule has 0 radical (unpaired) electrons. The van der Waals surface area contributed by atoms with E-state index in [2.05, 4.69) is 11.4 Å². The van der Waals surface area contributed by atoms with Gasteiger partial charge >= 0.3 is 0 Å². The molecule has 2 atom stereocenters. The van der Waals surface area contributed by atoms with Crippen LogP contribution >= 0.6 is 11.8 Å². The first-order valence-corrected chi connectivity index (χ1v) is 7.93. The third kappa shape index (κ3) is 3.23. The minimum Gasteiger partial charge on any atom is -0.487 e. The molecule has 2 rings (SSSR count). The highest BCUT2D eigenvalue weighted by atomic mass is 32.2. The van der Waals surface area contributed by atoms with Gasteiger partial charge in [0.05, 0.1) is 0 Å². The number of nitriles is 1. The molecule has 1 fully saturated rings. The van der Waals surface area contributed by atoms with Gasteiger partial charge in [-0.3, -0.25) is 0 Å². The predicted molar refractivity (Wildman–Crippen MR) is 78.7 cm³/mol. The van der Waals surface area contributed by atoms with Gasteiger partial charge in [0.25, 0.3) is 0 Å². The van der Waals surface area contributed by atoms with Crippen LogP contribution in [0.2, 0.25) is 0 Å². The van der Waals surface area contributed by atoms with Gasteiger partial charge in [0.2, 0.25) is 0 Å². The first-order chi connectivity index (χ1) is 9.30. The lowest BCUT2D eigenvalue weighted by atomic mass is 9.92. The van der Waals surface area contributed by atoms with E-state index in [1.54, 1.807) is 11.8 Å². The summed E-state index contributed by atoms with van der Waals surface area (Å²) in [5.74, 6) is 0.724. The topological polar surface area (TPSA) is 45.0 Å². The standard InChI is InChI=1S/C15H20N2OS/c1-17-12-6-3-4-7-14(12)18-13-8-5-9-15(19-2)11(13)10-16/h5,8-9,12,14,17H,3-4,6-7H2,1-2H3. The van der Waals surface area contributed by atoms with Crippen molar-refractivity contribution in [3.63, 3.8) is 0 Å². The third-order valence-electron chi connectivity index (χ3n) is 3.67. The van der Waals surface area contributed by atoms with Gasteiger partial charge < -0.3 is 10.1 Å². The van der Waals surface area contributed by atoms with Gasteiger partial charge in [-0.2, -0.15) is 5.26 Å². The van der Waals surface area contributed by atoms with Gasteiger partial charge in [0.15, 0.2) is 0 Å². The van der Waals surface area contributed by atoms with E-state index >= 15 is 0 Å². The largest absolute Gasteiger partial charge is 0.487 e. The highest BCUT2D eigenvalue weighted by molar-refractivity contribution is 7.98. The Balaban J connectivity index is 2.20. The van der Waals surface area contributed by atoms with Crippen LogP contribution in [0.4, 0.5) is 0 Å². The van der Waals surface area contributed by atoms with E-state index in [4.69, 9.17) is 4.74 Å². The SMILES string of the molecule is CNC1CCCCC1Oc1cccc(SC)c1C#N. The van der Waals surface area contributed by atoms with Crippen molar-refractivity contribution >= 4 is 11.8 Å². The third-order valence-corrected chi connectivity index (χ3v) is 4.45. The molecule has 0 bridgehead atoms. The average molecular weight is 276 g/mol. The fraction of sp³-hybridized carbons (Fsp3) is 0.533. The molecule has 0 heterocycles. The number of benzene rings is 1. The van der Waals surface area contributed by atoms with Gasteiger partial charge in [0, 0.05) is 10.9 Å². The highest BCUT2D eigenvalue weighted by Gasteiger charge is 2.26. The molecule has 102 valence electrons. The van der Waals surface area contributed by atoms with E-state index in [0.29, 0.717) is 11.6 Å². The Labute approximate surface area is 119 Å². The lowest BCUT2D eigenvalue weighted by Gasteiger charge is -2.32. The first-order valence-electron chi connectivity index (χ1n) is 6.71. The van der Waals surface area contributed by atoms with Crippen LogP contribution in [0.3, 0.4) is 0 Å². The van der Waals surface area contributed by atoms with Crippen LogP contribution < -0.4 is 10.1 Å². The van der Waals surface area contributed by atoms with Crippen molar-refractivity contribution in [2.45, 2.75) is 42.7 Å². The number of hydrogen-bond acceptors (Lipinski definition) is 4. The van der Waals surface area contributed by atoms with Crippen LogP contribution in [0.15, 0.2) is 23.1 Å². The Morgan fingerprint density at radius 3 is 2.84 bits per heavy atom. The quantitative estimate of drug-likeness (QED) is 0.858. The van der Waals surface area contributed by atoms with E-state index in [1.165, 1.54) is 12.8 Å². The van der Waals surface area contributed by atoms with Crippen molar-refractivity contribution in [2.24, 2.45) is 0 Å². The molecule has 0 aromatic heterocycles. The molecule has 4 heteroatoms. The summed E-state index contributed by atoms with van der Waals surface area (Å²) >= 11 is 1.58. The Morgan fingerprint density at radius 2 is 2.16 bits per heavy atom. The molecule has 1 aromatic rings. The maximum atomic E-state index is 9.32. The molecule has 1 aliphatic rings. The summed E-state index contributed by atoms with van der Waals surface area (Å²) in [6, 6.07) is 8.48. The fourth-order valence-corrected chi connectivity index (χ4v) is 3.19. The predicted octanol–water partition coefficient (Wildman–Crippen LogP) is 3.19. The zero-order chi connectivity index (χ0) is 13.7. The van der Waals surface area contributed by atoms with Crippen LogP contribution in [0.5, 0.6) is 5.75 Å². The van der Waals surface area contributed by atoms with Crippen LogP contribution in [-0.4, -0.2) is 25.4 Å². The van der Waals surface area contributed by atoms with Crippen molar-refractivity contribution in [2.75, 3.05) is 13.3 Å². The molecule has 0 saturated heterocycles. The summed E-state index contributed by atoms with van der Waals surface area (Å²) in [6.45, 7) is 0. The Morgan fingerprint density at radius 1 is 1.37 bits per heavy atom. The lowest BCUT2D eigenvalue weighted by Crippen LogP contribution is -2.43. The maximum absolute atomic E-state index is 9.32. The van der Waals surface area contributed by atoms with Crippen LogP contribution in [0, 0.1) is 11.3 Å².